The number of hydrogen-bond donors (Lipinski definition) is 3. The van der Waals surface area contributed by atoms with E-state index in [0.717, 1.165) is 44.9 Å². The molecule has 0 spiro atoms. The van der Waals surface area contributed by atoms with Crippen molar-refractivity contribution < 1.29 is 14.7 Å². The third-order valence-electron chi connectivity index (χ3n) is 4.68. The van der Waals surface area contributed by atoms with Crippen LogP contribution in [0.25, 0.3) is 0 Å². The van der Waals surface area contributed by atoms with Crippen LogP contribution in [-0.4, -0.2) is 29.1 Å². The zero-order chi connectivity index (χ0) is 15.7. The zero-order valence-electron chi connectivity index (χ0n) is 13.2. The predicted octanol–water partition coefficient (Wildman–Crippen LogP) is 2.44. The molecule has 1 atom stereocenters. The highest BCUT2D eigenvalue weighted by molar-refractivity contribution is 5.87. The molecule has 1 amide bonds. The summed E-state index contributed by atoms with van der Waals surface area (Å²) in [6.07, 6.45) is 8.07. The maximum atomic E-state index is 12.2. The number of carboxylic acids is 1. The van der Waals surface area contributed by atoms with Crippen LogP contribution in [0.15, 0.2) is 0 Å². The molecular weight excluding hydrogens is 268 g/mol. The van der Waals surface area contributed by atoms with E-state index in [1.807, 2.05) is 0 Å². The molecule has 0 aromatic rings. The van der Waals surface area contributed by atoms with Gasteiger partial charge in [-0.05, 0) is 38.1 Å². The smallest absolute Gasteiger partial charge is 0.329 e. The normalized spacial score (nSPS) is 19.5. The van der Waals surface area contributed by atoms with Gasteiger partial charge in [-0.3, -0.25) is 4.79 Å². The predicted molar refractivity (Wildman–Crippen MR) is 82.9 cm³/mol. The van der Waals surface area contributed by atoms with Crippen molar-refractivity contribution in [3.8, 4) is 0 Å². The molecule has 21 heavy (non-hydrogen) atoms. The van der Waals surface area contributed by atoms with Crippen LogP contribution in [0.5, 0.6) is 0 Å². The Labute approximate surface area is 127 Å². The van der Waals surface area contributed by atoms with Crippen molar-refractivity contribution in [3.05, 3.63) is 0 Å². The SMILES string of the molecule is CCC(CCN)CCC(=O)NC1(C(=O)O)CCCCCC1. The summed E-state index contributed by atoms with van der Waals surface area (Å²) in [6, 6.07) is 0. The number of carbonyl (C=O) groups excluding carboxylic acids is 1. The molecule has 5 heteroatoms. The first-order valence-corrected chi connectivity index (χ1v) is 8.28. The van der Waals surface area contributed by atoms with E-state index in [1.54, 1.807) is 0 Å². The van der Waals surface area contributed by atoms with E-state index in [4.69, 9.17) is 5.73 Å². The van der Waals surface area contributed by atoms with Crippen LogP contribution in [0.4, 0.5) is 0 Å². The fraction of sp³-hybridized carbons (Fsp3) is 0.875. The number of carbonyl (C=O) groups is 2. The van der Waals surface area contributed by atoms with Gasteiger partial charge in [-0.2, -0.15) is 0 Å². The van der Waals surface area contributed by atoms with E-state index >= 15 is 0 Å². The van der Waals surface area contributed by atoms with Crippen LogP contribution in [0.2, 0.25) is 0 Å². The number of amides is 1. The minimum absolute atomic E-state index is 0.130. The second kappa shape index (κ2) is 9.03. The van der Waals surface area contributed by atoms with E-state index in [0.29, 0.717) is 31.7 Å². The van der Waals surface area contributed by atoms with Gasteiger partial charge in [-0.1, -0.05) is 39.0 Å². The van der Waals surface area contributed by atoms with Crippen molar-refractivity contribution in [2.45, 2.75) is 76.7 Å². The molecule has 1 rings (SSSR count). The Morgan fingerprint density at radius 2 is 1.81 bits per heavy atom. The average molecular weight is 298 g/mol. The molecule has 4 N–H and O–H groups in total. The number of carboxylic acid groups (broad SMARTS) is 1. The van der Waals surface area contributed by atoms with E-state index in [-0.39, 0.29) is 5.91 Å². The van der Waals surface area contributed by atoms with E-state index in [9.17, 15) is 14.7 Å². The third kappa shape index (κ3) is 5.65. The number of hydrogen-bond acceptors (Lipinski definition) is 3. The molecule has 1 unspecified atom stereocenters. The molecule has 1 aliphatic carbocycles. The summed E-state index contributed by atoms with van der Waals surface area (Å²) >= 11 is 0. The van der Waals surface area contributed by atoms with Crippen LogP contribution in [0, 0.1) is 5.92 Å². The number of nitrogens with two attached hydrogens (primary N) is 1. The molecule has 0 aromatic carbocycles. The summed E-state index contributed by atoms with van der Waals surface area (Å²) in [5.74, 6) is -0.558. The maximum Gasteiger partial charge on any atom is 0.329 e. The lowest BCUT2D eigenvalue weighted by Gasteiger charge is -2.29. The van der Waals surface area contributed by atoms with Gasteiger partial charge in [0.15, 0.2) is 0 Å². The fourth-order valence-corrected chi connectivity index (χ4v) is 3.18. The van der Waals surface area contributed by atoms with E-state index in [2.05, 4.69) is 12.2 Å². The Morgan fingerprint density at radius 1 is 1.19 bits per heavy atom. The lowest BCUT2D eigenvalue weighted by molar-refractivity contribution is -0.148. The first-order chi connectivity index (χ1) is 10.0. The summed E-state index contributed by atoms with van der Waals surface area (Å²) in [4.78, 5) is 23.8. The van der Waals surface area contributed by atoms with Gasteiger partial charge >= 0.3 is 5.97 Å². The highest BCUT2D eigenvalue weighted by Crippen LogP contribution is 2.28. The maximum absolute atomic E-state index is 12.2. The molecule has 1 saturated carbocycles. The minimum Gasteiger partial charge on any atom is -0.480 e. The largest absolute Gasteiger partial charge is 0.480 e. The minimum atomic E-state index is -1.04. The van der Waals surface area contributed by atoms with Gasteiger partial charge in [0.05, 0.1) is 0 Å². The van der Waals surface area contributed by atoms with Gasteiger partial charge in [0.25, 0.3) is 0 Å². The summed E-state index contributed by atoms with van der Waals surface area (Å²) < 4.78 is 0. The molecule has 0 radical (unpaired) electrons. The first kappa shape index (κ1) is 18.0. The zero-order valence-corrected chi connectivity index (χ0v) is 13.2. The number of aliphatic carboxylic acids is 1. The lowest BCUT2D eigenvalue weighted by Crippen LogP contribution is -2.54. The van der Waals surface area contributed by atoms with E-state index < -0.39 is 11.5 Å². The van der Waals surface area contributed by atoms with Gasteiger partial charge in [0, 0.05) is 6.42 Å². The second-order valence-electron chi connectivity index (χ2n) is 6.24. The third-order valence-corrected chi connectivity index (χ3v) is 4.68. The van der Waals surface area contributed by atoms with Gasteiger partial charge in [0.2, 0.25) is 5.91 Å². The van der Waals surface area contributed by atoms with Crippen molar-refractivity contribution in [1.82, 2.24) is 5.32 Å². The van der Waals surface area contributed by atoms with Crippen LogP contribution in [0.1, 0.15) is 71.1 Å². The quantitative estimate of drug-likeness (QED) is 0.600. The van der Waals surface area contributed by atoms with Gasteiger partial charge in [-0.25, -0.2) is 4.79 Å². The van der Waals surface area contributed by atoms with Crippen LogP contribution < -0.4 is 11.1 Å². The molecule has 1 aliphatic rings. The molecule has 0 saturated heterocycles. The second-order valence-corrected chi connectivity index (χ2v) is 6.24. The standard InChI is InChI=1S/C16H30N2O3/c1-2-13(9-12-17)7-8-14(19)18-16(15(20)21)10-5-3-4-6-11-16/h13H,2-12,17H2,1H3,(H,18,19)(H,20,21). The molecule has 122 valence electrons. The van der Waals surface area contributed by atoms with Crippen LogP contribution in [-0.2, 0) is 9.59 Å². The topological polar surface area (TPSA) is 92.4 Å². The van der Waals surface area contributed by atoms with Crippen LogP contribution in [0.3, 0.4) is 0 Å². The summed E-state index contributed by atoms with van der Waals surface area (Å²) in [5.41, 5.74) is 4.52. The lowest BCUT2D eigenvalue weighted by atomic mass is 9.89. The molecule has 0 aromatic heterocycles. The summed E-state index contributed by atoms with van der Waals surface area (Å²) in [6.45, 7) is 2.74. The monoisotopic (exact) mass is 298 g/mol. The fourth-order valence-electron chi connectivity index (χ4n) is 3.18. The number of rotatable bonds is 8. The highest BCUT2D eigenvalue weighted by Gasteiger charge is 2.39. The van der Waals surface area contributed by atoms with Crippen molar-refractivity contribution >= 4 is 11.9 Å². The molecule has 0 aliphatic heterocycles. The Morgan fingerprint density at radius 3 is 2.29 bits per heavy atom. The van der Waals surface area contributed by atoms with Crippen molar-refractivity contribution in [3.63, 3.8) is 0 Å². The van der Waals surface area contributed by atoms with Crippen molar-refractivity contribution in [1.29, 1.82) is 0 Å². The average Bonchev–Trinajstić information content (AvgIpc) is 2.70. The Bertz CT molecular complexity index is 336. The van der Waals surface area contributed by atoms with Gasteiger partial charge < -0.3 is 16.2 Å². The van der Waals surface area contributed by atoms with Crippen LogP contribution >= 0.6 is 0 Å². The van der Waals surface area contributed by atoms with Gasteiger partial charge in [-0.15, -0.1) is 0 Å². The molecule has 0 bridgehead atoms. The van der Waals surface area contributed by atoms with Crippen molar-refractivity contribution in [2.24, 2.45) is 11.7 Å². The molecular formula is C16H30N2O3. The van der Waals surface area contributed by atoms with Crippen molar-refractivity contribution in [2.75, 3.05) is 6.54 Å². The highest BCUT2D eigenvalue weighted by atomic mass is 16.4. The van der Waals surface area contributed by atoms with Gasteiger partial charge in [0.1, 0.15) is 5.54 Å². The first-order valence-electron chi connectivity index (χ1n) is 8.28. The number of nitrogens with one attached hydrogen (secondary N) is 1. The Kier molecular flexibility index (Phi) is 7.72. The molecule has 1 fully saturated rings. The summed E-state index contributed by atoms with van der Waals surface area (Å²) in [7, 11) is 0. The molecule has 5 nitrogen and oxygen atoms in total. The summed E-state index contributed by atoms with van der Waals surface area (Å²) in [5, 5.41) is 12.4. The Balaban J connectivity index is 2.54. The Hall–Kier alpha value is -1.10. The molecule has 0 heterocycles. The van der Waals surface area contributed by atoms with E-state index in [1.165, 1.54) is 0 Å².